The second-order valence-corrected chi connectivity index (χ2v) is 7.10. The van der Waals surface area contributed by atoms with E-state index in [1.807, 2.05) is 0 Å². The first-order chi connectivity index (χ1) is 10.4. The summed E-state index contributed by atoms with van der Waals surface area (Å²) in [5.41, 5.74) is 14.9. The first-order valence-electron chi connectivity index (χ1n) is 8.20. The van der Waals surface area contributed by atoms with Crippen LogP contribution in [0.15, 0.2) is 12.1 Å². The Hall–Kier alpha value is -1.33. The van der Waals surface area contributed by atoms with Gasteiger partial charge in [0.25, 0.3) is 0 Å². The maximum atomic E-state index is 13.7. The maximum absolute atomic E-state index is 13.7. The number of halogens is 1. The van der Waals surface area contributed by atoms with Crippen molar-refractivity contribution in [2.24, 2.45) is 11.1 Å². The van der Waals surface area contributed by atoms with Crippen molar-refractivity contribution in [2.75, 3.05) is 37.7 Å². The van der Waals surface area contributed by atoms with E-state index in [-0.39, 0.29) is 11.7 Å². The molecule has 1 heterocycles. The van der Waals surface area contributed by atoms with E-state index in [4.69, 9.17) is 11.5 Å². The van der Waals surface area contributed by atoms with Gasteiger partial charge in [0, 0.05) is 25.0 Å². The third kappa shape index (κ3) is 2.79. The Morgan fingerprint density at radius 2 is 2.23 bits per heavy atom. The summed E-state index contributed by atoms with van der Waals surface area (Å²) in [5, 5.41) is 2.96. The van der Waals surface area contributed by atoms with E-state index >= 15 is 0 Å². The van der Waals surface area contributed by atoms with Gasteiger partial charge in [-0.3, -0.25) is 0 Å². The van der Waals surface area contributed by atoms with Crippen LogP contribution in [-0.2, 0) is 0 Å². The average Bonchev–Trinajstić information content (AvgIpc) is 2.93. The Labute approximate surface area is 132 Å². The molecular weight excluding hydrogens is 279 g/mol. The molecule has 1 aromatic rings. The molecule has 1 spiro atoms. The number of nitrogens with one attached hydrogen (secondary N) is 1. The predicted octanol–water partition coefficient (Wildman–Crippen LogP) is 2.37. The molecule has 22 heavy (non-hydrogen) atoms. The molecule has 2 fully saturated rings. The molecule has 3 unspecified atom stereocenters. The molecule has 1 saturated carbocycles. The number of anilines is 2. The number of benzene rings is 1. The molecule has 0 aromatic heterocycles. The normalized spacial score (nSPS) is 29.0. The Morgan fingerprint density at radius 3 is 2.82 bits per heavy atom. The highest BCUT2D eigenvalue weighted by Crippen LogP contribution is 2.51. The highest BCUT2D eigenvalue weighted by atomic mass is 19.1. The third-order valence-corrected chi connectivity index (χ3v) is 5.57. The van der Waals surface area contributed by atoms with E-state index in [2.05, 4.69) is 17.1 Å². The molecule has 0 bridgehead atoms. The Morgan fingerprint density at radius 1 is 1.50 bits per heavy atom. The molecule has 1 saturated heterocycles. The zero-order valence-electron chi connectivity index (χ0n) is 13.5. The number of nitrogens with two attached hydrogens (primary N) is 2. The second-order valence-electron chi connectivity index (χ2n) is 7.10. The zero-order valence-corrected chi connectivity index (χ0v) is 13.5. The van der Waals surface area contributed by atoms with Gasteiger partial charge in [-0.25, -0.2) is 4.39 Å². The molecule has 122 valence electrons. The first kappa shape index (κ1) is 15.6. The molecule has 1 aliphatic carbocycles. The lowest BCUT2D eigenvalue weighted by molar-refractivity contribution is 0.306. The van der Waals surface area contributed by atoms with Crippen molar-refractivity contribution in [3.05, 3.63) is 23.5 Å². The van der Waals surface area contributed by atoms with Crippen molar-refractivity contribution in [3.8, 4) is 0 Å². The van der Waals surface area contributed by atoms with Crippen LogP contribution in [0.5, 0.6) is 0 Å². The molecule has 5 heteroatoms. The fourth-order valence-electron chi connectivity index (χ4n) is 3.81. The fourth-order valence-corrected chi connectivity index (χ4v) is 3.81. The van der Waals surface area contributed by atoms with Crippen LogP contribution in [0, 0.1) is 11.2 Å². The number of hydrogen-bond donors (Lipinski definition) is 3. The van der Waals surface area contributed by atoms with Crippen LogP contribution >= 0.6 is 0 Å². The van der Waals surface area contributed by atoms with Crippen LogP contribution in [0.4, 0.5) is 15.8 Å². The number of hydrogen-bond acceptors (Lipinski definition) is 4. The van der Waals surface area contributed by atoms with Gasteiger partial charge in [0.15, 0.2) is 0 Å². The van der Waals surface area contributed by atoms with E-state index in [1.165, 1.54) is 18.9 Å². The number of rotatable bonds is 5. The summed E-state index contributed by atoms with van der Waals surface area (Å²) in [6.07, 6.45) is 3.40. The predicted molar refractivity (Wildman–Crippen MR) is 89.5 cm³/mol. The smallest absolute Gasteiger partial charge is 0.125 e. The summed E-state index contributed by atoms with van der Waals surface area (Å²) in [6.45, 7) is 5.42. The van der Waals surface area contributed by atoms with Gasteiger partial charge in [-0.05, 0) is 56.0 Å². The molecule has 1 aromatic carbocycles. The molecule has 3 atom stereocenters. The van der Waals surface area contributed by atoms with Crippen LogP contribution in [0.3, 0.4) is 0 Å². The van der Waals surface area contributed by atoms with Crippen molar-refractivity contribution in [3.63, 3.8) is 0 Å². The van der Waals surface area contributed by atoms with Gasteiger partial charge in [-0.1, -0.05) is 6.92 Å². The van der Waals surface area contributed by atoms with E-state index in [1.54, 1.807) is 13.1 Å². The maximum Gasteiger partial charge on any atom is 0.125 e. The van der Waals surface area contributed by atoms with Crippen LogP contribution in [0.2, 0.25) is 0 Å². The molecule has 3 rings (SSSR count). The van der Waals surface area contributed by atoms with Gasteiger partial charge in [0.05, 0.1) is 11.4 Å². The third-order valence-electron chi connectivity index (χ3n) is 5.57. The standard InChI is InChI=1S/C17H27FN4/c1-11(13-7-12(18)8-14(21-2)16(13)20)3-5-22-6-4-17(10-22)9-15(17)19/h7-8,11,15,21H,3-6,9-10,19-20H2,1-2H3. The van der Waals surface area contributed by atoms with Crippen molar-refractivity contribution >= 4 is 11.4 Å². The summed E-state index contributed by atoms with van der Waals surface area (Å²) in [6, 6.07) is 3.43. The highest BCUT2D eigenvalue weighted by molar-refractivity contribution is 5.70. The van der Waals surface area contributed by atoms with Crippen LogP contribution in [-0.4, -0.2) is 37.6 Å². The molecule has 4 nitrogen and oxygen atoms in total. The zero-order chi connectivity index (χ0) is 15.9. The minimum atomic E-state index is -0.232. The molecule has 2 aliphatic rings. The fraction of sp³-hybridized carbons (Fsp3) is 0.647. The number of nitrogens with zero attached hydrogens (tertiary/aromatic N) is 1. The lowest BCUT2D eigenvalue weighted by atomic mass is 9.95. The van der Waals surface area contributed by atoms with Crippen molar-refractivity contribution in [2.45, 2.75) is 38.1 Å². The van der Waals surface area contributed by atoms with E-state index in [9.17, 15) is 4.39 Å². The largest absolute Gasteiger partial charge is 0.397 e. The van der Waals surface area contributed by atoms with Crippen molar-refractivity contribution < 1.29 is 4.39 Å². The molecule has 5 N–H and O–H groups in total. The van der Waals surface area contributed by atoms with Crippen LogP contribution in [0.1, 0.15) is 37.7 Å². The minimum Gasteiger partial charge on any atom is -0.397 e. The van der Waals surface area contributed by atoms with E-state index in [0.29, 0.717) is 22.8 Å². The van der Waals surface area contributed by atoms with Gasteiger partial charge in [-0.2, -0.15) is 0 Å². The van der Waals surface area contributed by atoms with E-state index in [0.717, 1.165) is 31.6 Å². The molecule has 0 radical (unpaired) electrons. The van der Waals surface area contributed by atoms with Crippen molar-refractivity contribution in [1.82, 2.24) is 4.90 Å². The first-order valence-corrected chi connectivity index (χ1v) is 8.20. The number of likely N-dealkylation sites (tertiary alicyclic amines) is 1. The SMILES string of the molecule is CNc1cc(F)cc(C(C)CCN2CCC3(CC3N)C2)c1N. The topological polar surface area (TPSA) is 67.3 Å². The number of nitrogen functional groups attached to an aromatic ring is 1. The van der Waals surface area contributed by atoms with Gasteiger partial charge >= 0.3 is 0 Å². The Kier molecular flexibility index (Phi) is 4.03. The minimum absolute atomic E-state index is 0.232. The van der Waals surface area contributed by atoms with Gasteiger partial charge < -0.3 is 21.7 Å². The monoisotopic (exact) mass is 306 g/mol. The summed E-state index contributed by atoms with van der Waals surface area (Å²) in [5.74, 6) is 0.0108. The molecular formula is C17H27FN4. The lowest BCUT2D eigenvalue weighted by Gasteiger charge is -2.21. The second kappa shape index (κ2) is 5.70. The summed E-state index contributed by atoms with van der Waals surface area (Å²) in [4.78, 5) is 2.50. The lowest BCUT2D eigenvalue weighted by Crippen LogP contribution is -2.25. The van der Waals surface area contributed by atoms with Crippen molar-refractivity contribution in [1.29, 1.82) is 0 Å². The van der Waals surface area contributed by atoms with Gasteiger partial charge in [-0.15, -0.1) is 0 Å². The summed E-state index contributed by atoms with van der Waals surface area (Å²) < 4.78 is 13.7. The Balaban J connectivity index is 1.60. The molecule has 0 amide bonds. The Bertz CT molecular complexity index is 562. The quantitative estimate of drug-likeness (QED) is 0.731. The summed E-state index contributed by atoms with van der Waals surface area (Å²) in [7, 11) is 1.77. The average molecular weight is 306 g/mol. The van der Waals surface area contributed by atoms with E-state index < -0.39 is 0 Å². The van der Waals surface area contributed by atoms with Crippen LogP contribution < -0.4 is 16.8 Å². The van der Waals surface area contributed by atoms with Gasteiger partial charge in [0.2, 0.25) is 0 Å². The van der Waals surface area contributed by atoms with Crippen LogP contribution in [0.25, 0.3) is 0 Å². The molecule has 1 aliphatic heterocycles. The van der Waals surface area contributed by atoms with Gasteiger partial charge in [0.1, 0.15) is 5.82 Å². The summed E-state index contributed by atoms with van der Waals surface area (Å²) >= 11 is 0. The highest BCUT2D eigenvalue weighted by Gasteiger charge is 2.55.